The zero-order valence-corrected chi connectivity index (χ0v) is 17.3. The van der Waals surface area contributed by atoms with Crippen LogP contribution >= 0.6 is 0 Å². The monoisotopic (exact) mass is 422 g/mol. The summed E-state index contributed by atoms with van der Waals surface area (Å²) in [4.78, 5) is 0. The van der Waals surface area contributed by atoms with Crippen LogP contribution in [0, 0.1) is 0 Å². The lowest BCUT2D eigenvalue weighted by molar-refractivity contribution is -0.945. The van der Waals surface area contributed by atoms with Crippen molar-refractivity contribution in [3.63, 3.8) is 0 Å². The van der Waals surface area contributed by atoms with Crippen LogP contribution in [0.1, 0.15) is 11.1 Å². The van der Waals surface area contributed by atoms with Crippen molar-refractivity contribution in [3.8, 4) is 11.5 Å². The smallest absolute Gasteiger partial charge is 0.425 e. The maximum absolute atomic E-state index is 6.65. The van der Waals surface area contributed by atoms with Gasteiger partial charge in [-0.3, -0.25) is 0 Å². The zero-order chi connectivity index (χ0) is 21.1. The van der Waals surface area contributed by atoms with Gasteiger partial charge in [0.2, 0.25) is 11.0 Å². The Hall–Kier alpha value is -4.44. The first-order chi connectivity index (χ1) is 16.4. The summed E-state index contributed by atoms with van der Waals surface area (Å²) in [6.07, 6.45) is 6.27. The minimum Gasteiger partial charge on any atom is -0.463 e. The molecule has 0 aliphatic carbocycles. The van der Waals surface area contributed by atoms with Gasteiger partial charge in [-0.25, -0.2) is 0 Å². The Balaban J connectivity index is 1.61. The molecule has 0 radical (unpaired) electrons. The van der Waals surface area contributed by atoms with Crippen molar-refractivity contribution in [2.45, 2.75) is 5.66 Å². The number of nitrogens with zero attached hydrogens (tertiary/aromatic N) is 2. The highest BCUT2D eigenvalue weighted by atomic mass is 16.5. The summed E-state index contributed by atoms with van der Waals surface area (Å²) in [7, 11) is 0. The molecule has 4 nitrogen and oxygen atoms in total. The largest absolute Gasteiger partial charge is 0.463 e. The summed E-state index contributed by atoms with van der Waals surface area (Å²) < 4.78 is 17.6. The molecule has 0 bridgehead atoms. The topological polar surface area (TPSA) is 30.1 Å². The standard InChI is InChI=1S/C29H14N2O2/c1-3-16-6-5-15-7-9-20-24-22(15)26(16)30(12-1)29(24)25-21(33-20)10-8-17-18-11-14-32-28(18)19-4-2-13-31(29)27(19)23(17)25/h1-14H/q+2. The summed E-state index contributed by atoms with van der Waals surface area (Å²) in [6, 6.07) is 23.9. The first-order valence-electron chi connectivity index (χ1n) is 11.3. The number of hydrogen-bond acceptors (Lipinski definition) is 2. The van der Waals surface area contributed by atoms with E-state index in [1.54, 1.807) is 6.26 Å². The molecule has 3 aromatic heterocycles. The van der Waals surface area contributed by atoms with Gasteiger partial charge in [0.1, 0.15) is 17.1 Å². The molecule has 1 spiro atoms. The van der Waals surface area contributed by atoms with E-state index in [9.17, 15) is 0 Å². The van der Waals surface area contributed by atoms with Crippen LogP contribution in [0.2, 0.25) is 0 Å². The fraction of sp³-hybridized carbons (Fsp3) is 0.0345. The number of rotatable bonds is 0. The SMILES string of the molecule is c1cc2ccc3ccc4c5c3c2[n+](c1)C51c2c(ccc3c5ccoc5c5ccc[n+]1c5c23)O4. The molecule has 0 saturated carbocycles. The van der Waals surface area contributed by atoms with E-state index in [1.807, 2.05) is 0 Å². The summed E-state index contributed by atoms with van der Waals surface area (Å²) in [5, 5.41) is 8.54. The van der Waals surface area contributed by atoms with Crippen LogP contribution in [0.4, 0.5) is 0 Å². The van der Waals surface area contributed by atoms with Gasteiger partial charge >= 0.3 is 5.66 Å². The molecule has 0 N–H and O–H groups in total. The Morgan fingerprint density at radius 3 is 2.30 bits per heavy atom. The Labute approximate surface area is 186 Å². The molecule has 150 valence electrons. The van der Waals surface area contributed by atoms with E-state index in [4.69, 9.17) is 9.15 Å². The van der Waals surface area contributed by atoms with Gasteiger partial charge in [-0.1, -0.05) is 12.1 Å². The van der Waals surface area contributed by atoms with Crippen molar-refractivity contribution < 1.29 is 18.3 Å². The minimum atomic E-state index is -0.522. The lowest BCUT2D eigenvalue weighted by Gasteiger charge is -2.26. The fourth-order valence-electron chi connectivity index (χ4n) is 7.07. The van der Waals surface area contributed by atoms with Gasteiger partial charge in [0, 0.05) is 28.3 Å². The second-order valence-electron chi connectivity index (χ2n) is 9.36. The molecule has 0 saturated heterocycles. The van der Waals surface area contributed by atoms with Crippen LogP contribution in [0.3, 0.4) is 0 Å². The molecule has 7 aromatic rings. The van der Waals surface area contributed by atoms with Crippen molar-refractivity contribution in [3.05, 3.63) is 96.5 Å². The second-order valence-corrected chi connectivity index (χ2v) is 9.36. The Kier molecular flexibility index (Phi) is 2.11. The Morgan fingerprint density at radius 1 is 0.606 bits per heavy atom. The molecule has 3 aliphatic rings. The molecule has 4 aromatic carbocycles. The third-order valence-corrected chi connectivity index (χ3v) is 8.12. The van der Waals surface area contributed by atoms with Crippen LogP contribution in [0.5, 0.6) is 11.5 Å². The van der Waals surface area contributed by atoms with Crippen LogP contribution in [0.25, 0.3) is 54.3 Å². The molecule has 1 atom stereocenters. The second kappa shape index (κ2) is 4.52. The Bertz CT molecular complexity index is 2120. The van der Waals surface area contributed by atoms with E-state index in [-0.39, 0.29) is 0 Å². The summed E-state index contributed by atoms with van der Waals surface area (Å²) in [5.41, 5.74) is 5.36. The number of hydrogen-bond donors (Lipinski definition) is 0. The minimum absolute atomic E-state index is 0.522. The van der Waals surface area contributed by atoms with Crippen LogP contribution < -0.4 is 13.9 Å². The van der Waals surface area contributed by atoms with E-state index in [2.05, 4.69) is 88.3 Å². The highest BCUT2D eigenvalue weighted by Crippen LogP contribution is 2.57. The quantitative estimate of drug-likeness (QED) is 0.233. The number of furan rings is 1. The number of benzene rings is 4. The van der Waals surface area contributed by atoms with Gasteiger partial charge in [-0.15, -0.1) is 9.13 Å². The molecular weight excluding hydrogens is 408 g/mol. The molecule has 10 rings (SSSR count). The van der Waals surface area contributed by atoms with Crippen molar-refractivity contribution >= 4 is 54.3 Å². The molecule has 6 heterocycles. The van der Waals surface area contributed by atoms with Gasteiger partial charge in [-0.2, -0.15) is 0 Å². The molecule has 3 aliphatic heterocycles. The lowest BCUT2D eigenvalue weighted by Crippen LogP contribution is -2.72. The average Bonchev–Trinajstić information content (AvgIpc) is 3.55. The molecule has 0 fully saturated rings. The highest BCUT2D eigenvalue weighted by Gasteiger charge is 2.69. The predicted molar refractivity (Wildman–Crippen MR) is 125 cm³/mol. The highest BCUT2D eigenvalue weighted by molar-refractivity contribution is 6.24. The van der Waals surface area contributed by atoms with Crippen LogP contribution in [0.15, 0.2) is 89.8 Å². The third kappa shape index (κ3) is 1.33. The van der Waals surface area contributed by atoms with Crippen LogP contribution in [-0.4, -0.2) is 0 Å². The third-order valence-electron chi connectivity index (χ3n) is 8.12. The van der Waals surface area contributed by atoms with Crippen LogP contribution in [-0.2, 0) is 5.66 Å². The summed E-state index contributed by atoms with van der Waals surface area (Å²) >= 11 is 0. The van der Waals surface area contributed by atoms with Crippen molar-refractivity contribution in [2.24, 2.45) is 0 Å². The van der Waals surface area contributed by atoms with E-state index in [0.717, 1.165) is 27.9 Å². The molecule has 0 amide bonds. The van der Waals surface area contributed by atoms with Crippen molar-refractivity contribution in [1.29, 1.82) is 0 Å². The summed E-state index contributed by atoms with van der Waals surface area (Å²) in [6.45, 7) is 0. The predicted octanol–water partition coefficient (Wildman–Crippen LogP) is 5.65. The molecule has 4 heteroatoms. The van der Waals surface area contributed by atoms with Gasteiger partial charge in [0.25, 0.3) is 0 Å². The molecular formula is C29H14N2O2+2. The van der Waals surface area contributed by atoms with Gasteiger partial charge < -0.3 is 9.15 Å². The molecule has 33 heavy (non-hydrogen) atoms. The maximum Gasteiger partial charge on any atom is 0.425 e. The average molecular weight is 422 g/mol. The van der Waals surface area contributed by atoms with E-state index in [1.165, 1.54) is 49.1 Å². The van der Waals surface area contributed by atoms with E-state index < -0.39 is 5.66 Å². The number of fused-ring (bicyclic) bond motifs is 3. The van der Waals surface area contributed by atoms with E-state index in [0.29, 0.717) is 0 Å². The summed E-state index contributed by atoms with van der Waals surface area (Å²) in [5.74, 6) is 1.87. The fourth-order valence-corrected chi connectivity index (χ4v) is 7.07. The zero-order valence-electron chi connectivity index (χ0n) is 17.3. The normalized spacial score (nSPS) is 18.7. The molecule has 1 unspecified atom stereocenters. The van der Waals surface area contributed by atoms with E-state index >= 15 is 0 Å². The van der Waals surface area contributed by atoms with Crippen molar-refractivity contribution in [1.82, 2.24) is 0 Å². The van der Waals surface area contributed by atoms with Crippen molar-refractivity contribution in [2.75, 3.05) is 0 Å². The van der Waals surface area contributed by atoms with Gasteiger partial charge in [0.15, 0.2) is 23.5 Å². The first-order valence-corrected chi connectivity index (χ1v) is 11.3. The Morgan fingerprint density at radius 2 is 1.36 bits per heavy atom. The van der Waals surface area contributed by atoms with Gasteiger partial charge in [0.05, 0.1) is 22.4 Å². The number of ether oxygens (including phenoxy) is 1. The number of aromatic nitrogens is 2. The van der Waals surface area contributed by atoms with Gasteiger partial charge in [-0.05, 0) is 47.9 Å². The number of pyridine rings is 2. The lowest BCUT2D eigenvalue weighted by atomic mass is 9.85. The first kappa shape index (κ1) is 15.4. The maximum atomic E-state index is 6.65.